The van der Waals surface area contributed by atoms with Gasteiger partial charge in [-0.2, -0.15) is 0 Å². The normalized spacial score (nSPS) is 15.5. The van der Waals surface area contributed by atoms with Crippen LogP contribution in [0.1, 0.15) is 18.4 Å². The Bertz CT molecular complexity index is 310. The van der Waals surface area contributed by atoms with Gasteiger partial charge in [-0.3, -0.25) is 0 Å². The van der Waals surface area contributed by atoms with Crippen molar-refractivity contribution in [2.45, 2.75) is 25.4 Å². The fourth-order valence-corrected chi connectivity index (χ4v) is 1.52. The Hall–Kier alpha value is -0.930. The number of hydrogen-bond donors (Lipinski definition) is 2. The Balaban J connectivity index is 1.62. The van der Waals surface area contributed by atoms with Gasteiger partial charge in [0.2, 0.25) is 0 Å². The maximum atomic E-state index is 13.2. The van der Waals surface area contributed by atoms with E-state index < -0.39 is 0 Å². The van der Waals surface area contributed by atoms with E-state index in [4.69, 9.17) is 0 Å². The summed E-state index contributed by atoms with van der Waals surface area (Å²) in [6, 6.07) is 7.65. The van der Waals surface area contributed by atoms with Gasteiger partial charge >= 0.3 is 0 Å². The predicted molar refractivity (Wildman–Crippen MR) is 59.1 cm³/mol. The van der Waals surface area contributed by atoms with Gasteiger partial charge < -0.3 is 10.6 Å². The first kappa shape index (κ1) is 10.6. The minimum Gasteiger partial charge on any atom is -0.313 e. The van der Waals surface area contributed by atoms with Crippen LogP contribution in [-0.4, -0.2) is 19.1 Å². The molecule has 0 spiro atoms. The number of benzene rings is 1. The van der Waals surface area contributed by atoms with Crippen molar-refractivity contribution in [2.75, 3.05) is 13.1 Å². The molecule has 1 saturated carbocycles. The third-order valence-electron chi connectivity index (χ3n) is 2.59. The van der Waals surface area contributed by atoms with Crippen molar-refractivity contribution in [1.82, 2.24) is 10.6 Å². The molecule has 0 radical (unpaired) electrons. The molecule has 3 heteroatoms. The lowest BCUT2D eigenvalue weighted by atomic mass is 10.2. The maximum absolute atomic E-state index is 13.2. The zero-order chi connectivity index (χ0) is 10.5. The Morgan fingerprint density at radius 2 is 2.00 bits per heavy atom. The smallest absolute Gasteiger partial charge is 0.127 e. The van der Waals surface area contributed by atoms with Gasteiger partial charge in [-0.15, -0.1) is 0 Å². The van der Waals surface area contributed by atoms with E-state index in [0.717, 1.165) is 24.7 Å². The van der Waals surface area contributed by atoms with E-state index in [1.165, 1.54) is 18.9 Å². The zero-order valence-corrected chi connectivity index (χ0v) is 8.80. The van der Waals surface area contributed by atoms with Gasteiger partial charge in [-0.05, 0) is 18.9 Å². The van der Waals surface area contributed by atoms with Crippen molar-refractivity contribution in [2.24, 2.45) is 0 Å². The summed E-state index contributed by atoms with van der Waals surface area (Å²) in [6.45, 7) is 2.48. The fourth-order valence-electron chi connectivity index (χ4n) is 1.52. The molecule has 1 aromatic carbocycles. The first-order valence-electron chi connectivity index (χ1n) is 5.54. The molecule has 1 aromatic rings. The highest BCUT2D eigenvalue weighted by molar-refractivity contribution is 5.16. The van der Waals surface area contributed by atoms with Gasteiger partial charge in [0.25, 0.3) is 0 Å². The number of nitrogens with one attached hydrogen (secondary N) is 2. The SMILES string of the molecule is Fc1ccccc1CNCCNC1CC1. The van der Waals surface area contributed by atoms with Crippen molar-refractivity contribution >= 4 is 0 Å². The van der Waals surface area contributed by atoms with E-state index in [1.54, 1.807) is 6.07 Å². The molecule has 1 fully saturated rings. The van der Waals surface area contributed by atoms with E-state index in [1.807, 2.05) is 12.1 Å². The van der Waals surface area contributed by atoms with Crippen molar-refractivity contribution in [3.05, 3.63) is 35.6 Å². The summed E-state index contributed by atoms with van der Waals surface area (Å²) >= 11 is 0. The molecule has 1 aliphatic carbocycles. The number of hydrogen-bond acceptors (Lipinski definition) is 2. The Labute approximate surface area is 89.9 Å². The van der Waals surface area contributed by atoms with E-state index in [2.05, 4.69) is 10.6 Å². The summed E-state index contributed by atoms with van der Waals surface area (Å²) in [5.41, 5.74) is 0.740. The third kappa shape index (κ3) is 3.61. The highest BCUT2D eigenvalue weighted by Gasteiger charge is 2.19. The summed E-state index contributed by atoms with van der Waals surface area (Å²) in [7, 11) is 0. The lowest BCUT2D eigenvalue weighted by molar-refractivity contribution is 0.572. The molecule has 0 atom stereocenters. The monoisotopic (exact) mass is 208 g/mol. The molecule has 0 aliphatic heterocycles. The van der Waals surface area contributed by atoms with Gasteiger partial charge in [0, 0.05) is 31.2 Å². The molecule has 0 amide bonds. The Morgan fingerprint density at radius 1 is 1.20 bits per heavy atom. The van der Waals surface area contributed by atoms with Gasteiger partial charge in [0.1, 0.15) is 5.82 Å². The largest absolute Gasteiger partial charge is 0.313 e. The molecule has 1 aliphatic rings. The standard InChI is InChI=1S/C12H17FN2/c13-12-4-2-1-3-10(12)9-14-7-8-15-11-5-6-11/h1-4,11,14-15H,5-9H2. The molecule has 0 aromatic heterocycles. The second kappa shape index (κ2) is 5.24. The van der Waals surface area contributed by atoms with E-state index in [0.29, 0.717) is 6.54 Å². The van der Waals surface area contributed by atoms with Gasteiger partial charge in [0.15, 0.2) is 0 Å². The van der Waals surface area contributed by atoms with Crippen LogP contribution in [-0.2, 0) is 6.54 Å². The van der Waals surface area contributed by atoms with Crippen LogP contribution in [0.15, 0.2) is 24.3 Å². The molecule has 0 saturated heterocycles. The molecule has 15 heavy (non-hydrogen) atoms. The zero-order valence-electron chi connectivity index (χ0n) is 8.80. The minimum atomic E-state index is -0.125. The molecular weight excluding hydrogens is 191 g/mol. The molecule has 82 valence electrons. The highest BCUT2D eigenvalue weighted by Crippen LogP contribution is 2.17. The molecule has 0 heterocycles. The van der Waals surface area contributed by atoms with Crippen molar-refractivity contribution < 1.29 is 4.39 Å². The maximum Gasteiger partial charge on any atom is 0.127 e. The average Bonchev–Trinajstić information content (AvgIpc) is 3.04. The quantitative estimate of drug-likeness (QED) is 0.695. The van der Waals surface area contributed by atoms with Crippen molar-refractivity contribution in [1.29, 1.82) is 0 Å². The first-order valence-corrected chi connectivity index (χ1v) is 5.54. The van der Waals surface area contributed by atoms with Crippen LogP contribution in [0.2, 0.25) is 0 Å². The van der Waals surface area contributed by atoms with E-state index >= 15 is 0 Å². The molecule has 2 rings (SSSR count). The van der Waals surface area contributed by atoms with Crippen molar-refractivity contribution in [3.8, 4) is 0 Å². The van der Waals surface area contributed by atoms with Crippen LogP contribution in [0.4, 0.5) is 4.39 Å². The van der Waals surface area contributed by atoms with Gasteiger partial charge in [-0.1, -0.05) is 18.2 Å². The Kier molecular flexibility index (Phi) is 3.69. The minimum absolute atomic E-state index is 0.125. The van der Waals surface area contributed by atoms with Gasteiger partial charge in [-0.25, -0.2) is 4.39 Å². The summed E-state index contributed by atoms with van der Waals surface area (Å²) < 4.78 is 13.2. The first-order chi connectivity index (χ1) is 7.36. The van der Waals surface area contributed by atoms with Crippen LogP contribution < -0.4 is 10.6 Å². The van der Waals surface area contributed by atoms with E-state index in [9.17, 15) is 4.39 Å². The predicted octanol–water partition coefficient (Wildman–Crippen LogP) is 1.67. The Morgan fingerprint density at radius 3 is 2.73 bits per heavy atom. The topological polar surface area (TPSA) is 24.1 Å². The third-order valence-corrected chi connectivity index (χ3v) is 2.59. The average molecular weight is 208 g/mol. The summed E-state index contributed by atoms with van der Waals surface area (Å²) in [6.07, 6.45) is 2.63. The molecule has 2 N–H and O–H groups in total. The highest BCUT2D eigenvalue weighted by atomic mass is 19.1. The van der Waals surface area contributed by atoms with Crippen molar-refractivity contribution in [3.63, 3.8) is 0 Å². The second-order valence-corrected chi connectivity index (χ2v) is 4.00. The number of rotatable bonds is 6. The van der Waals surface area contributed by atoms with Crippen LogP contribution in [0.5, 0.6) is 0 Å². The second-order valence-electron chi connectivity index (χ2n) is 4.00. The summed E-state index contributed by atoms with van der Waals surface area (Å²) in [5, 5.41) is 6.62. The van der Waals surface area contributed by atoms with Gasteiger partial charge in [0.05, 0.1) is 0 Å². The molecule has 0 bridgehead atoms. The molecule has 2 nitrogen and oxygen atoms in total. The lowest BCUT2D eigenvalue weighted by Gasteiger charge is -2.06. The van der Waals surface area contributed by atoms with Crippen LogP contribution in [0.25, 0.3) is 0 Å². The lowest BCUT2D eigenvalue weighted by Crippen LogP contribution is -2.28. The van der Waals surface area contributed by atoms with E-state index in [-0.39, 0.29) is 5.82 Å². The van der Waals surface area contributed by atoms with Crippen LogP contribution >= 0.6 is 0 Å². The fraction of sp³-hybridized carbons (Fsp3) is 0.500. The molecular formula is C12H17FN2. The number of halogens is 1. The van der Waals surface area contributed by atoms with Crippen LogP contribution in [0.3, 0.4) is 0 Å². The van der Waals surface area contributed by atoms with Crippen LogP contribution in [0, 0.1) is 5.82 Å². The molecule has 0 unspecified atom stereocenters. The summed E-state index contributed by atoms with van der Waals surface area (Å²) in [5.74, 6) is -0.125. The summed E-state index contributed by atoms with van der Waals surface area (Å²) in [4.78, 5) is 0.